The average Bonchev–Trinajstić information content (AvgIpc) is 3.13. The van der Waals surface area contributed by atoms with Gasteiger partial charge < -0.3 is 20.5 Å². The second kappa shape index (κ2) is 10.0. The smallest absolute Gasteiger partial charge is 0.195 e. The normalized spacial score (nSPS) is 18.6. The van der Waals surface area contributed by atoms with Crippen LogP contribution in [0, 0.1) is 17.7 Å². The summed E-state index contributed by atoms with van der Waals surface area (Å²) in [4.78, 5) is 13.0. The standard InChI is InChI=1S/C25H23FN2O3S/c26-19-7-2-3-8-20(19)28-24-17-21(29)23(32-24)16-18-6-1-4-9-22(18)31-15-5-10-25(30)11-13-27-14-12-25/h1-4,6-9,16-17,27-28,30H,11-15H2/b23-16-. The Kier molecular flexibility index (Phi) is 6.96. The zero-order chi connectivity index (χ0) is 22.4. The number of benzene rings is 2. The van der Waals surface area contributed by atoms with Gasteiger partial charge in [-0.25, -0.2) is 4.39 Å². The third kappa shape index (κ3) is 5.60. The van der Waals surface area contributed by atoms with Gasteiger partial charge in [-0.1, -0.05) is 53.9 Å². The maximum atomic E-state index is 13.9. The molecule has 0 bridgehead atoms. The lowest BCUT2D eigenvalue weighted by Crippen LogP contribution is -2.40. The Morgan fingerprint density at radius 2 is 1.94 bits per heavy atom. The number of ketones is 1. The first-order valence-electron chi connectivity index (χ1n) is 10.3. The highest BCUT2D eigenvalue weighted by molar-refractivity contribution is 8.08. The Morgan fingerprint density at radius 3 is 2.75 bits per heavy atom. The molecule has 1 fully saturated rings. The molecule has 2 heterocycles. The zero-order valence-corrected chi connectivity index (χ0v) is 18.2. The minimum Gasteiger partial charge on any atom is -0.480 e. The number of nitrogens with one attached hydrogen (secondary N) is 2. The van der Waals surface area contributed by atoms with Crippen molar-refractivity contribution in [3.8, 4) is 17.6 Å². The Balaban J connectivity index is 1.42. The van der Waals surface area contributed by atoms with E-state index >= 15 is 0 Å². The summed E-state index contributed by atoms with van der Waals surface area (Å²) in [5, 5.41) is 17.2. The maximum Gasteiger partial charge on any atom is 0.195 e. The second-order valence-electron chi connectivity index (χ2n) is 7.50. The van der Waals surface area contributed by atoms with Crippen LogP contribution in [0.4, 0.5) is 10.1 Å². The molecule has 0 unspecified atom stereocenters. The molecule has 0 aromatic heterocycles. The van der Waals surface area contributed by atoms with E-state index in [1.54, 1.807) is 24.3 Å². The predicted octanol–water partition coefficient (Wildman–Crippen LogP) is 3.93. The fourth-order valence-corrected chi connectivity index (χ4v) is 4.31. The van der Waals surface area contributed by atoms with Gasteiger partial charge in [-0.2, -0.15) is 0 Å². The van der Waals surface area contributed by atoms with Crippen LogP contribution in [-0.2, 0) is 4.79 Å². The number of para-hydroxylation sites is 2. The van der Waals surface area contributed by atoms with Crippen LogP contribution in [0.5, 0.6) is 5.75 Å². The molecule has 0 amide bonds. The van der Waals surface area contributed by atoms with Crippen LogP contribution in [0.3, 0.4) is 0 Å². The van der Waals surface area contributed by atoms with Crippen molar-refractivity contribution in [1.82, 2.24) is 5.32 Å². The van der Waals surface area contributed by atoms with E-state index in [1.807, 2.05) is 24.3 Å². The van der Waals surface area contributed by atoms with E-state index in [9.17, 15) is 14.3 Å². The van der Waals surface area contributed by atoms with Gasteiger partial charge >= 0.3 is 0 Å². The third-order valence-corrected chi connectivity index (χ3v) is 6.09. The van der Waals surface area contributed by atoms with Gasteiger partial charge in [0, 0.05) is 11.6 Å². The monoisotopic (exact) mass is 450 g/mol. The summed E-state index contributed by atoms with van der Waals surface area (Å²) in [5.74, 6) is 5.89. The Hall–Kier alpha value is -3.05. The summed E-state index contributed by atoms with van der Waals surface area (Å²) in [6.07, 6.45) is 4.40. The molecule has 0 spiro atoms. The van der Waals surface area contributed by atoms with Crippen molar-refractivity contribution in [2.45, 2.75) is 18.4 Å². The van der Waals surface area contributed by atoms with Crippen LogP contribution in [0.2, 0.25) is 0 Å². The number of anilines is 1. The van der Waals surface area contributed by atoms with Gasteiger partial charge in [0.1, 0.15) is 23.8 Å². The van der Waals surface area contributed by atoms with E-state index in [0.717, 1.165) is 18.7 Å². The van der Waals surface area contributed by atoms with Crippen molar-refractivity contribution >= 4 is 29.3 Å². The first-order chi connectivity index (χ1) is 15.5. The average molecular weight is 451 g/mol. The number of thioether (sulfide) groups is 1. The minimum atomic E-state index is -0.962. The van der Waals surface area contributed by atoms with Gasteiger partial charge in [-0.15, -0.1) is 0 Å². The molecule has 0 radical (unpaired) electrons. The van der Waals surface area contributed by atoms with Gasteiger partial charge in [0.15, 0.2) is 5.78 Å². The highest BCUT2D eigenvalue weighted by atomic mass is 32.2. The summed E-state index contributed by atoms with van der Waals surface area (Å²) >= 11 is 1.24. The van der Waals surface area contributed by atoms with Crippen LogP contribution in [0.1, 0.15) is 18.4 Å². The van der Waals surface area contributed by atoms with Gasteiger partial charge in [-0.05, 0) is 50.2 Å². The highest BCUT2D eigenvalue weighted by Crippen LogP contribution is 2.36. The summed E-state index contributed by atoms with van der Waals surface area (Å²) in [5.41, 5.74) is 0.0975. The molecule has 2 aromatic carbocycles. The molecule has 32 heavy (non-hydrogen) atoms. The first-order valence-corrected chi connectivity index (χ1v) is 11.2. The van der Waals surface area contributed by atoms with E-state index in [-0.39, 0.29) is 18.2 Å². The van der Waals surface area contributed by atoms with Crippen LogP contribution in [0.25, 0.3) is 6.08 Å². The highest BCUT2D eigenvalue weighted by Gasteiger charge is 2.26. The fraction of sp³-hybridized carbons (Fsp3) is 0.240. The Bertz CT molecular complexity index is 1130. The number of ether oxygens (including phenoxy) is 1. The molecule has 7 heteroatoms. The van der Waals surface area contributed by atoms with E-state index < -0.39 is 5.60 Å². The van der Waals surface area contributed by atoms with E-state index in [4.69, 9.17) is 4.74 Å². The third-order valence-electron chi connectivity index (χ3n) is 5.11. The van der Waals surface area contributed by atoms with E-state index in [2.05, 4.69) is 22.5 Å². The number of carbonyl (C=O) groups is 1. The van der Waals surface area contributed by atoms with Crippen molar-refractivity contribution < 1.29 is 19.0 Å². The van der Waals surface area contributed by atoms with Crippen molar-refractivity contribution in [2.24, 2.45) is 0 Å². The first kappa shape index (κ1) is 22.2. The summed E-state index contributed by atoms with van der Waals surface area (Å²) in [6.45, 7) is 1.63. The minimum absolute atomic E-state index is 0.134. The van der Waals surface area contributed by atoms with Crippen LogP contribution < -0.4 is 15.4 Å². The topological polar surface area (TPSA) is 70.6 Å². The molecule has 164 valence electrons. The van der Waals surface area contributed by atoms with Gasteiger partial charge in [0.25, 0.3) is 0 Å². The molecular weight excluding hydrogens is 427 g/mol. The molecular formula is C25H23FN2O3S. The summed E-state index contributed by atoms with van der Waals surface area (Å²) in [6, 6.07) is 13.7. The van der Waals surface area contributed by atoms with Crippen LogP contribution >= 0.6 is 11.8 Å². The van der Waals surface area contributed by atoms with Crippen molar-refractivity contribution in [2.75, 3.05) is 25.0 Å². The molecule has 0 atom stereocenters. The lowest BCUT2D eigenvalue weighted by Gasteiger charge is -2.27. The number of allylic oxidation sites excluding steroid dienone is 2. The van der Waals surface area contributed by atoms with Crippen LogP contribution in [0.15, 0.2) is 64.5 Å². The molecule has 2 aliphatic rings. The van der Waals surface area contributed by atoms with E-state index in [1.165, 1.54) is 23.9 Å². The Labute approximate surface area is 190 Å². The Morgan fingerprint density at radius 1 is 1.19 bits per heavy atom. The number of hydrogen-bond acceptors (Lipinski definition) is 6. The zero-order valence-electron chi connectivity index (χ0n) is 17.4. The molecule has 2 aromatic rings. The molecule has 2 aliphatic heterocycles. The largest absolute Gasteiger partial charge is 0.480 e. The van der Waals surface area contributed by atoms with Crippen molar-refractivity contribution in [3.05, 3.63) is 75.9 Å². The second-order valence-corrected chi connectivity index (χ2v) is 8.58. The molecule has 5 nitrogen and oxygen atoms in total. The predicted molar refractivity (Wildman–Crippen MR) is 125 cm³/mol. The number of carbonyl (C=O) groups excluding carboxylic acids is 1. The van der Waals surface area contributed by atoms with Gasteiger partial charge in [0.05, 0.1) is 15.6 Å². The van der Waals surface area contributed by atoms with Gasteiger partial charge in [0.2, 0.25) is 0 Å². The van der Waals surface area contributed by atoms with Crippen LogP contribution in [-0.4, -0.2) is 36.2 Å². The lowest BCUT2D eigenvalue weighted by atomic mass is 9.93. The van der Waals surface area contributed by atoms with E-state index in [0.29, 0.717) is 34.2 Å². The number of rotatable bonds is 5. The number of piperidine rings is 1. The quantitative estimate of drug-likeness (QED) is 0.474. The molecule has 4 rings (SSSR count). The maximum absolute atomic E-state index is 13.9. The van der Waals surface area contributed by atoms with Gasteiger partial charge in [-0.3, -0.25) is 4.79 Å². The molecule has 0 saturated carbocycles. The van der Waals surface area contributed by atoms with Crippen molar-refractivity contribution in [1.29, 1.82) is 0 Å². The number of hydrogen-bond donors (Lipinski definition) is 3. The summed E-state index contributed by atoms with van der Waals surface area (Å²) < 4.78 is 19.7. The SMILES string of the molecule is O=C1C=C(Nc2ccccc2F)S/C1=C\c1ccccc1OCC#CC1(O)CCNCC1. The molecule has 0 aliphatic carbocycles. The molecule has 1 saturated heterocycles. The number of halogens is 1. The fourth-order valence-electron chi connectivity index (χ4n) is 3.40. The van der Waals surface area contributed by atoms with Crippen molar-refractivity contribution in [3.63, 3.8) is 0 Å². The molecule has 3 N–H and O–H groups in total. The lowest BCUT2D eigenvalue weighted by molar-refractivity contribution is -0.110. The number of aliphatic hydroxyl groups is 1. The summed E-state index contributed by atoms with van der Waals surface area (Å²) in [7, 11) is 0.